The molecular weight excluding hydrogens is 459 g/mol. The van der Waals surface area contributed by atoms with Crippen molar-refractivity contribution in [3.8, 4) is 11.5 Å². The zero-order valence-corrected chi connectivity index (χ0v) is 18.3. The number of carbonyl (C=O) groups excluding carboxylic acids is 2. The van der Waals surface area contributed by atoms with Gasteiger partial charge in [-0.2, -0.15) is 0 Å². The first-order valence-electron chi connectivity index (χ1n) is 9.17. The van der Waals surface area contributed by atoms with E-state index in [4.69, 9.17) is 32.7 Å². The van der Waals surface area contributed by atoms with Gasteiger partial charge in [-0.15, -0.1) is 11.8 Å². The summed E-state index contributed by atoms with van der Waals surface area (Å²) in [4.78, 5) is 25.5. The molecule has 0 bridgehead atoms. The van der Waals surface area contributed by atoms with Gasteiger partial charge in [0.2, 0.25) is 12.7 Å². The first-order chi connectivity index (χ1) is 15.0. The molecule has 0 radical (unpaired) electrons. The largest absolute Gasteiger partial charge is 0.454 e. The van der Waals surface area contributed by atoms with Gasteiger partial charge in [0.05, 0.1) is 16.3 Å². The molecule has 6 nitrogen and oxygen atoms in total. The van der Waals surface area contributed by atoms with Crippen molar-refractivity contribution < 1.29 is 19.1 Å². The van der Waals surface area contributed by atoms with Gasteiger partial charge in [0, 0.05) is 27.4 Å². The first-order valence-corrected chi connectivity index (χ1v) is 10.9. The Kier molecular flexibility index (Phi) is 6.56. The number of rotatable bonds is 6. The number of ether oxygens (including phenoxy) is 2. The van der Waals surface area contributed by atoms with Crippen molar-refractivity contribution in [2.45, 2.75) is 4.90 Å². The smallest absolute Gasteiger partial charge is 0.257 e. The normalized spacial score (nSPS) is 11.8. The van der Waals surface area contributed by atoms with E-state index < -0.39 is 0 Å². The van der Waals surface area contributed by atoms with Crippen molar-refractivity contribution in [1.82, 2.24) is 0 Å². The Hall–Kier alpha value is -2.87. The van der Waals surface area contributed by atoms with E-state index in [1.165, 1.54) is 17.8 Å². The zero-order chi connectivity index (χ0) is 21.8. The average molecular weight is 475 g/mol. The van der Waals surface area contributed by atoms with E-state index in [0.717, 1.165) is 4.90 Å². The summed E-state index contributed by atoms with van der Waals surface area (Å²) in [6.45, 7) is 0.186. The van der Waals surface area contributed by atoms with E-state index in [1.807, 2.05) is 12.1 Å². The summed E-state index contributed by atoms with van der Waals surface area (Å²) < 4.78 is 10.6. The van der Waals surface area contributed by atoms with Crippen molar-refractivity contribution in [3.63, 3.8) is 0 Å². The van der Waals surface area contributed by atoms with E-state index in [1.54, 1.807) is 42.5 Å². The van der Waals surface area contributed by atoms with Crippen LogP contribution in [0.4, 0.5) is 11.4 Å². The van der Waals surface area contributed by atoms with Crippen LogP contribution in [0.2, 0.25) is 10.0 Å². The number of benzene rings is 3. The second kappa shape index (κ2) is 9.51. The minimum Gasteiger partial charge on any atom is -0.454 e. The molecule has 0 fully saturated rings. The van der Waals surface area contributed by atoms with Crippen molar-refractivity contribution in [3.05, 3.63) is 76.3 Å². The standard InChI is InChI=1S/C22H16Cl2N2O4S/c23-13-1-7-17(18(24)9-13)22(28)26-14-2-5-16(6-3-14)31-11-21(27)25-15-4-8-19-20(10-15)30-12-29-19/h1-10H,11-12H2,(H,25,27)(H,26,28). The van der Waals surface area contributed by atoms with Gasteiger partial charge in [0.15, 0.2) is 11.5 Å². The second-order valence-electron chi connectivity index (χ2n) is 6.51. The Balaban J connectivity index is 1.29. The summed E-state index contributed by atoms with van der Waals surface area (Å²) >= 11 is 13.3. The van der Waals surface area contributed by atoms with Crippen LogP contribution in [-0.2, 0) is 4.79 Å². The number of thioether (sulfide) groups is 1. The molecule has 9 heteroatoms. The number of carbonyl (C=O) groups is 2. The van der Waals surface area contributed by atoms with Crippen molar-refractivity contribution >= 4 is 58.2 Å². The highest BCUT2D eigenvalue weighted by molar-refractivity contribution is 8.00. The van der Waals surface area contributed by atoms with Crippen LogP contribution in [-0.4, -0.2) is 24.4 Å². The van der Waals surface area contributed by atoms with Gasteiger partial charge in [0.25, 0.3) is 5.91 Å². The molecule has 0 aliphatic carbocycles. The zero-order valence-electron chi connectivity index (χ0n) is 16.0. The fourth-order valence-corrected chi connectivity index (χ4v) is 4.02. The van der Waals surface area contributed by atoms with Crippen LogP contribution in [0.15, 0.2) is 65.6 Å². The lowest BCUT2D eigenvalue weighted by molar-refractivity contribution is -0.113. The third-order valence-corrected chi connectivity index (χ3v) is 5.87. The van der Waals surface area contributed by atoms with Crippen LogP contribution in [0, 0.1) is 0 Å². The molecule has 0 saturated carbocycles. The minimum absolute atomic E-state index is 0.140. The summed E-state index contributed by atoms with van der Waals surface area (Å²) in [6.07, 6.45) is 0. The van der Waals surface area contributed by atoms with Gasteiger partial charge in [-0.3, -0.25) is 9.59 Å². The molecule has 1 aliphatic rings. The van der Waals surface area contributed by atoms with Gasteiger partial charge in [-0.1, -0.05) is 23.2 Å². The van der Waals surface area contributed by atoms with Crippen LogP contribution in [0.25, 0.3) is 0 Å². The lowest BCUT2D eigenvalue weighted by atomic mass is 10.2. The van der Waals surface area contributed by atoms with Crippen LogP contribution in [0.5, 0.6) is 11.5 Å². The summed E-state index contributed by atoms with van der Waals surface area (Å²) in [6, 6.07) is 17.1. The summed E-state index contributed by atoms with van der Waals surface area (Å²) in [7, 11) is 0. The number of anilines is 2. The maximum Gasteiger partial charge on any atom is 0.257 e. The minimum atomic E-state index is -0.329. The third-order valence-electron chi connectivity index (χ3n) is 4.31. The molecule has 3 aromatic carbocycles. The molecule has 1 aliphatic heterocycles. The summed E-state index contributed by atoms with van der Waals surface area (Å²) in [5.41, 5.74) is 1.60. The Morgan fingerprint density at radius 2 is 1.61 bits per heavy atom. The van der Waals surface area contributed by atoms with Gasteiger partial charge in [0.1, 0.15) is 0 Å². The fourth-order valence-electron chi connectivity index (χ4n) is 2.83. The number of fused-ring (bicyclic) bond motifs is 1. The SMILES string of the molecule is O=C(CSc1ccc(NC(=O)c2ccc(Cl)cc2Cl)cc1)Nc1ccc2c(c1)OCO2. The van der Waals surface area contributed by atoms with Gasteiger partial charge >= 0.3 is 0 Å². The van der Waals surface area contributed by atoms with Crippen molar-refractivity contribution in [2.75, 3.05) is 23.2 Å². The average Bonchev–Trinajstić information content (AvgIpc) is 3.21. The molecule has 0 aromatic heterocycles. The Morgan fingerprint density at radius 3 is 2.39 bits per heavy atom. The van der Waals surface area contributed by atoms with Crippen molar-refractivity contribution in [2.24, 2.45) is 0 Å². The van der Waals surface area contributed by atoms with Crippen LogP contribution in [0.3, 0.4) is 0 Å². The molecule has 0 spiro atoms. The Bertz CT molecular complexity index is 1140. The quantitative estimate of drug-likeness (QED) is 0.447. The lowest BCUT2D eigenvalue weighted by Crippen LogP contribution is -2.14. The van der Waals surface area contributed by atoms with E-state index >= 15 is 0 Å². The highest BCUT2D eigenvalue weighted by Gasteiger charge is 2.14. The number of amides is 2. The molecule has 31 heavy (non-hydrogen) atoms. The fraction of sp³-hybridized carbons (Fsp3) is 0.0909. The van der Waals surface area contributed by atoms with Crippen LogP contribution >= 0.6 is 35.0 Å². The molecule has 2 amide bonds. The topological polar surface area (TPSA) is 76.7 Å². The number of nitrogens with one attached hydrogen (secondary N) is 2. The highest BCUT2D eigenvalue weighted by Crippen LogP contribution is 2.34. The Labute approximate surface area is 192 Å². The van der Waals surface area contributed by atoms with Crippen LogP contribution < -0.4 is 20.1 Å². The Morgan fingerprint density at radius 1 is 0.871 bits per heavy atom. The summed E-state index contributed by atoms with van der Waals surface area (Å²) in [5, 5.41) is 6.37. The molecule has 158 valence electrons. The van der Waals surface area contributed by atoms with Gasteiger partial charge in [-0.25, -0.2) is 0 Å². The maximum absolute atomic E-state index is 12.4. The molecule has 0 unspecified atom stereocenters. The molecular formula is C22H16Cl2N2O4S. The monoisotopic (exact) mass is 474 g/mol. The van der Waals surface area contributed by atoms with E-state index in [-0.39, 0.29) is 29.4 Å². The number of halogens is 2. The van der Waals surface area contributed by atoms with E-state index in [0.29, 0.717) is 33.5 Å². The summed E-state index contributed by atoms with van der Waals surface area (Å²) in [5.74, 6) is 1.05. The molecule has 2 N–H and O–H groups in total. The molecule has 0 atom stereocenters. The molecule has 0 saturated heterocycles. The first kappa shape index (κ1) is 21.4. The molecule has 4 rings (SSSR count). The number of hydrogen-bond donors (Lipinski definition) is 2. The van der Waals surface area contributed by atoms with Crippen molar-refractivity contribution in [1.29, 1.82) is 0 Å². The second-order valence-corrected chi connectivity index (χ2v) is 8.40. The third kappa shape index (κ3) is 5.44. The van der Waals surface area contributed by atoms with Gasteiger partial charge < -0.3 is 20.1 Å². The highest BCUT2D eigenvalue weighted by atomic mass is 35.5. The van der Waals surface area contributed by atoms with E-state index in [2.05, 4.69) is 10.6 Å². The lowest BCUT2D eigenvalue weighted by Gasteiger charge is -2.09. The van der Waals surface area contributed by atoms with Gasteiger partial charge in [-0.05, 0) is 54.6 Å². The van der Waals surface area contributed by atoms with Crippen LogP contribution in [0.1, 0.15) is 10.4 Å². The number of hydrogen-bond acceptors (Lipinski definition) is 5. The molecule has 3 aromatic rings. The predicted molar refractivity (Wildman–Crippen MR) is 123 cm³/mol. The maximum atomic E-state index is 12.4. The molecule has 1 heterocycles. The predicted octanol–water partition coefficient (Wildman–Crippen LogP) is 5.71. The van der Waals surface area contributed by atoms with E-state index in [9.17, 15) is 9.59 Å².